The monoisotopic (exact) mass is 260 g/mol. The Bertz CT molecular complexity index is 463. The Morgan fingerprint density at radius 1 is 1.21 bits per heavy atom. The van der Waals surface area contributed by atoms with Gasteiger partial charge in [-0.25, -0.2) is 9.97 Å². The predicted octanol–water partition coefficient (Wildman–Crippen LogP) is 2.87. The van der Waals surface area contributed by atoms with Gasteiger partial charge >= 0.3 is 0 Å². The van der Waals surface area contributed by atoms with E-state index in [1.165, 1.54) is 32.1 Å². The van der Waals surface area contributed by atoms with E-state index in [2.05, 4.69) is 16.8 Å². The fourth-order valence-electron chi connectivity index (χ4n) is 2.72. The Morgan fingerprint density at radius 3 is 2.47 bits per heavy atom. The Morgan fingerprint density at radius 2 is 1.95 bits per heavy atom. The summed E-state index contributed by atoms with van der Waals surface area (Å²) in [6.07, 6.45) is 6.56. The summed E-state index contributed by atoms with van der Waals surface area (Å²) in [6, 6.07) is 0. The molecule has 2 fully saturated rings. The van der Waals surface area contributed by atoms with Crippen LogP contribution in [0.15, 0.2) is 0 Å². The van der Waals surface area contributed by atoms with Gasteiger partial charge in [0.1, 0.15) is 17.5 Å². The van der Waals surface area contributed by atoms with Crippen molar-refractivity contribution in [3.8, 4) is 0 Å². The average Bonchev–Trinajstić information content (AvgIpc) is 3.16. The molecule has 0 aromatic carbocycles. The molecule has 2 N–H and O–H groups in total. The first-order valence-corrected chi connectivity index (χ1v) is 7.58. The molecule has 0 unspecified atom stereocenters. The first-order valence-electron chi connectivity index (χ1n) is 7.58. The summed E-state index contributed by atoms with van der Waals surface area (Å²) in [4.78, 5) is 11.7. The molecule has 1 heterocycles. The Hall–Kier alpha value is -1.32. The number of hydrogen-bond acceptors (Lipinski definition) is 4. The molecular weight excluding hydrogens is 236 g/mol. The SMILES string of the molecule is CCN(CC1CCC1)c1nc(C2CC2)nc(N)c1C. The van der Waals surface area contributed by atoms with Crippen LogP contribution >= 0.6 is 0 Å². The molecule has 0 aliphatic heterocycles. The molecule has 0 saturated heterocycles. The van der Waals surface area contributed by atoms with Crippen molar-refractivity contribution in [2.24, 2.45) is 5.92 Å². The Kier molecular flexibility index (Phi) is 3.33. The lowest BCUT2D eigenvalue weighted by Gasteiger charge is -2.33. The van der Waals surface area contributed by atoms with E-state index < -0.39 is 0 Å². The molecule has 2 saturated carbocycles. The number of nitrogens with zero attached hydrogens (tertiary/aromatic N) is 3. The maximum atomic E-state index is 6.08. The molecule has 4 heteroatoms. The normalized spacial score (nSPS) is 19.3. The highest BCUT2D eigenvalue weighted by atomic mass is 15.2. The molecule has 1 aromatic rings. The lowest BCUT2D eigenvalue weighted by atomic mass is 9.85. The van der Waals surface area contributed by atoms with Gasteiger partial charge in [0.2, 0.25) is 0 Å². The summed E-state index contributed by atoms with van der Waals surface area (Å²) < 4.78 is 0. The molecule has 104 valence electrons. The van der Waals surface area contributed by atoms with Crippen LogP contribution in [0.3, 0.4) is 0 Å². The fourth-order valence-corrected chi connectivity index (χ4v) is 2.72. The van der Waals surface area contributed by atoms with Gasteiger partial charge in [-0.2, -0.15) is 0 Å². The van der Waals surface area contributed by atoms with Gasteiger partial charge in [0, 0.05) is 24.6 Å². The first-order chi connectivity index (χ1) is 9.19. The van der Waals surface area contributed by atoms with Crippen LogP contribution in [-0.4, -0.2) is 23.1 Å². The highest BCUT2D eigenvalue weighted by Crippen LogP contribution is 2.40. The van der Waals surface area contributed by atoms with Crippen molar-refractivity contribution in [3.05, 3.63) is 11.4 Å². The molecule has 4 nitrogen and oxygen atoms in total. The Labute approximate surface area is 115 Å². The molecule has 0 spiro atoms. The van der Waals surface area contributed by atoms with Crippen LogP contribution < -0.4 is 10.6 Å². The third-order valence-corrected chi connectivity index (χ3v) is 4.50. The molecule has 2 aliphatic carbocycles. The van der Waals surface area contributed by atoms with E-state index >= 15 is 0 Å². The lowest BCUT2D eigenvalue weighted by molar-refractivity contribution is 0.318. The van der Waals surface area contributed by atoms with Crippen molar-refractivity contribution in [2.45, 2.75) is 51.9 Å². The molecule has 0 atom stereocenters. The van der Waals surface area contributed by atoms with Crippen LogP contribution in [0.4, 0.5) is 11.6 Å². The summed E-state index contributed by atoms with van der Waals surface area (Å²) in [7, 11) is 0. The van der Waals surface area contributed by atoms with Crippen LogP contribution in [0.5, 0.6) is 0 Å². The molecule has 0 amide bonds. The maximum Gasteiger partial charge on any atom is 0.137 e. The minimum Gasteiger partial charge on any atom is -0.383 e. The van der Waals surface area contributed by atoms with E-state index in [0.717, 1.165) is 36.2 Å². The maximum absolute atomic E-state index is 6.08. The standard InChI is InChI=1S/C15H24N4/c1-3-19(9-11-5-4-6-11)15-10(2)13(16)17-14(18-15)12-7-8-12/h11-12H,3-9H2,1-2H3,(H2,16,17,18). The number of rotatable bonds is 5. The van der Waals surface area contributed by atoms with E-state index in [1.807, 2.05) is 6.92 Å². The average molecular weight is 260 g/mol. The van der Waals surface area contributed by atoms with Gasteiger partial charge in [0.05, 0.1) is 0 Å². The molecule has 1 aromatic heterocycles. The van der Waals surface area contributed by atoms with E-state index in [0.29, 0.717) is 11.7 Å². The first kappa shape index (κ1) is 12.7. The molecule has 0 bridgehead atoms. The fraction of sp³-hybridized carbons (Fsp3) is 0.733. The third-order valence-electron chi connectivity index (χ3n) is 4.50. The van der Waals surface area contributed by atoms with Crippen molar-refractivity contribution in [3.63, 3.8) is 0 Å². The van der Waals surface area contributed by atoms with Gasteiger partial charge in [-0.15, -0.1) is 0 Å². The van der Waals surface area contributed by atoms with Crippen molar-refractivity contribution in [2.75, 3.05) is 23.7 Å². The quantitative estimate of drug-likeness (QED) is 0.884. The summed E-state index contributed by atoms with van der Waals surface area (Å²) in [6.45, 7) is 6.37. The zero-order chi connectivity index (χ0) is 13.4. The minimum absolute atomic E-state index is 0.559. The number of nitrogen functional groups attached to an aromatic ring is 1. The van der Waals surface area contributed by atoms with Gasteiger partial charge in [-0.05, 0) is 45.4 Å². The third kappa shape index (κ3) is 2.53. The van der Waals surface area contributed by atoms with Crippen LogP contribution in [0, 0.1) is 12.8 Å². The van der Waals surface area contributed by atoms with Gasteiger partial charge in [0.25, 0.3) is 0 Å². The predicted molar refractivity (Wildman–Crippen MR) is 78.4 cm³/mol. The number of nitrogens with two attached hydrogens (primary N) is 1. The zero-order valence-electron chi connectivity index (χ0n) is 12.0. The number of anilines is 2. The van der Waals surface area contributed by atoms with Crippen LogP contribution in [0.1, 0.15) is 56.3 Å². The van der Waals surface area contributed by atoms with Gasteiger partial charge < -0.3 is 10.6 Å². The molecular formula is C15H24N4. The largest absolute Gasteiger partial charge is 0.383 e. The number of hydrogen-bond donors (Lipinski definition) is 1. The van der Waals surface area contributed by atoms with Crippen LogP contribution in [0.2, 0.25) is 0 Å². The molecule has 19 heavy (non-hydrogen) atoms. The second-order valence-electron chi connectivity index (χ2n) is 6.03. The van der Waals surface area contributed by atoms with E-state index in [4.69, 9.17) is 10.7 Å². The second kappa shape index (κ2) is 4.99. The zero-order valence-corrected chi connectivity index (χ0v) is 12.0. The summed E-state index contributed by atoms with van der Waals surface area (Å²) in [5, 5.41) is 0. The van der Waals surface area contributed by atoms with Crippen molar-refractivity contribution >= 4 is 11.6 Å². The van der Waals surface area contributed by atoms with Crippen LogP contribution in [-0.2, 0) is 0 Å². The van der Waals surface area contributed by atoms with Gasteiger partial charge in [-0.1, -0.05) is 6.42 Å². The highest BCUT2D eigenvalue weighted by molar-refractivity contribution is 5.56. The number of aromatic nitrogens is 2. The van der Waals surface area contributed by atoms with Gasteiger partial charge in [0.15, 0.2) is 0 Å². The smallest absolute Gasteiger partial charge is 0.137 e. The van der Waals surface area contributed by atoms with Crippen molar-refractivity contribution < 1.29 is 0 Å². The topological polar surface area (TPSA) is 55.0 Å². The van der Waals surface area contributed by atoms with E-state index in [-0.39, 0.29) is 0 Å². The minimum atomic E-state index is 0.559. The highest BCUT2D eigenvalue weighted by Gasteiger charge is 2.29. The summed E-state index contributed by atoms with van der Waals surface area (Å²) >= 11 is 0. The summed E-state index contributed by atoms with van der Waals surface area (Å²) in [5.74, 6) is 4.11. The summed E-state index contributed by atoms with van der Waals surface area (Å²) in [5.41, 5.74) is 7.13. The van der Waals surface area contributed by atoms with Crippen LogP contribution in [0.25, 0.3) is 0 Å². The Balaban J connectivity index is 1.87. The van der Waals surface area contributed by atoms with Gasteiger partial charge in [-0.3, -0.25) is 0 Å². The van der Waals surface area contributed by atoms with Crippen molar-refractivity contribution in [1.82, 2.24) is 9.97 Å². The van der Waals surface area contributed by atoms with E-state index in [9.17, 15) is 0 Å². The van der Waals surface area contributed by atoms with Crippen molar-refractivity contribution in [1.29, 1.82) is 0 Å². The lowest BCUT2D eigenvalue weighted by Crippen LogP contribution is -2.34. The molecule has 2 aliphatic rings. The second-order valence-corrected chi connectivity index (χ2v) is 6.03. The van der Waals surface area contributed by atoms with E-state index in [1.54, 1.807) is 0 Å². The molecule has 0 radical (unpaired) electrons. The molecule has 3 rings (SSSR count).